The van der Waals surface area contributed by atoms with Crippen LogP contribution in [0.1, 0.15) is 32.6 Å². The molecule has 7 heteroatoms. The van der Waals surface area contributed by atoms with Crippen LogP contribution in [-0.4, -0.2) is 15.0 Å². The first-order chi connectivity index (χ1) is 8.32. The molecule has 1 aliphatic rings. The van der Waals surface area contributed by atoms with Gasteiger partial charge >= 0.3 is 0 Å². The van der Waals surface area contributed by atoms with E-state index in [-0.39, 0.29) is 9.62 Å². The SMILES string of the molecule is CC1(CNS(=O)(=O)c2cc(Cl)c(Br)s2)CCCC1. The average molecular weight is 373 g/mol. The van der Waals surface area contributed by atoms with Crippen LogP contribution < -0.4 is 4.72 Å². The van der Waals surface area contributed by atoms with Crippen molar-refractivity contribution in [1.82, 2.24) is 4.72 Å². The summed E-state index contributed by atoms with van der Waals surface area (Å²) < 4.78 is 27.8. The van der Waals surface area contributed by atoms with Gasteiger partial charge in [0.05, 0.1) is 8.81 Å². The first kappa shape index (κ1) is 14.8. The standard InChI is InChI=1S/C11H15BrClNO2S2/c1-11(4-2-3-5-11)7-14-18(15,16)9-6-8(13)10(12)17-9/h6,14H,2-5,7H2,1H3. The van der Waals surface area contributed by atoms with E-state index in [2.05, 4.69) is 27.6 Å². The maximum atomic E-state index is 12.1. The van der Waals surface area contributed by atoms with Crippen molar-refractivity contribution in [2.75, 3.05) is 6.54 Å². The number of halogens is 2. The summed E-state index contributed by atoms with van der Waals surface area (Å²) in [5.74, 6) is 0. The molecule has 1 heterocycles. The van der Waals surface area contributed by atoms with E-state index in [0.29, 0.717) is 15.4 Å². The zero-order valence-corrected chi connectivity index (χ0v) is 14.0. The summed E-state index contributed by atoms with van der Waals surface area (Å²) in [7, 11) is -3.43. The Balaban J connectivity index is 2.08. The second-order valence-corrected chi connectivity index (χ2v) is 9.80. The van der Waals surface area contributed by atoms with Gasteiger partial charge in [0.15, 0.2) is 0 Å². The highest BCUT2D eigenvalue weighted by Gasteiger charge is 2.30. The van der Waals surface area contributed by atoms with Crippen molar-refractivity contribution < 1.29 is 8.42 Å². The first-order valence-electron chi connectivity index (χ1n) is 5.77. The maximum Gasteiger partial charge on any atom is 0.250 e. The Bertz CT molecular complexity index is 516. The minimum Gasteiger partial charge on any atom is -0.210 e. The molecule has 0 spiro atoms. The van der Waals surface area contributed by atoms with Crippen LogP contribution in [0.4, 0.5) is 0 Å². The van der Waals surface area contributed by atoms with Crippen molar-refractivity contribution in [1.29, 1.82) is 0 Å². The summed E-state index contributed by atoms with van der Waals surface area (Å²) in [6, 6.07) is 1.48. The summed E-state index contributed by atoms with van der Waals surface area (Å²) in [6.45, 7) is 2.64. The van der Waals surface area contributed by atoms with Gasteiger partial charge in [0, 0.05) is 6.54 Å². The van der Waals surface area contributed by atoms with Gasteiger partial charge in [0.1, 0.15) is 4.21 Å². The van der Waals surface area contributed by atoms with Crippen molar-refractivity contribution in [3.05, 3.63) is 14.9 Å². The Morgan fingerprint density at radius 2 is 2.11 bits per heavy atom. The van der Waals surface area contributed by atoms with Gasteiger partial charge in [-0.1, -0.05) is 31.4 Å². The lowest BCUT2D eigenvalue weighted by Crippen LogP contribution is -2.33. The number of hydrogen-bond donors (Lipinski definition) is 1. The van der Waals surface area contributed by atoms with E-state index in [0.717, 1.165) is 24.2 Å². The fourth-order valence-corrected chi connectivity index (χ4v) is 5.85. The van der Waals surface area contributed by atoms with Gasteiger partial charge in [0.25, 0.3) is 0 Å². The summed E-state index contributed by atoms with van der Waals surface area (Å²) in [5, 5.41) is 0.437. The van der Waals surface area contributed by atoms with E-state index >= 15 is 0 Å². The lowest BCUT2D eigenvalue weighted by atomic mass is 9.89. The summed E-state index contributed by atoms with van der Waals surface area (Å²) in [4.78, 5) is 0. The van der Waals surface area contributed by atoms with Crippen molar-refractivity contribution in [2.45, 2.75) is 36.8 Å². The van der Waals surface area contributed by atoms with E-state index in [9.17, 15) is 8.42 Å². The molecule has 3 nitrogen and oxygen atoms in total. The van der Waals surface area contributed by atoms with Crippen molar-refractivity contribution in [3.8, 4) is 0 Å². The van der Waals surface area contributed by atoms with Gasteiger partial charge in [-0.2, -0.15) is 0 Å². The van der Waals surface area contributed by atoms with E-state index < -0.39 is 10.0 Å². The van der Waals surface area contributed by atoms with E-state index in [1.807, 2.05) is 0 Å². The van der Waals surface area contributed by atoms with Crippen LogP contribution in [0, 0.1) is 5.41 Å². The molecular formula is C11H15BrClNO2S2. The van der Waals surface area contributed by atoms with E-state index in [1.54, 1.807) is 0 Å². The first-order valence-corrected chi connectivity index (χ1v) is 9.24. The Kier molecular flexibility index (Phi) is 4.44. The molecule has 102 valence electrons. The molecule has 1 aliphatic carbocycles. The van der Waals surface area contributed by atoms with Gasteiger partial charge in [-0.25, -0.2) is 13.1 Å². The lowest BCUT2D eigenvalue weighted by molar-refractivity contribution is 0.336. The predicted molar refractivity (Wildman–Crippen MR) is 78.8 cm³/mol. The van der Waals surface area contributed by atoms with Crippen LogP contribution >= 0.6 is 38.9 Å². The van der Waals surface area contributed by atoms with Crippen molar-refractivity contribution >= 4 is 48.9 Å². The third-order valence-corrected chi connectivity index (χ3v) is 7.74. The van der Waals surface area contributed by atoms with Gasteiger partial charge in [-0.3, -0.25) is 0 Å². The molecule has 0 amide bonds. The number of thiophene rings is 1. The minimum atomic E-state index is -3.43. The Labute approximate surface area is 125 Å². The second-order valence-electron chi connectivity index (χ2n) is 5.03. The fraction of sp³-hybridized carbons (Fsp3) is 0.636. The quantitative estimate of drug-likeness (QED) is 0.867. The zero-order chi connectivity index (χ0) is 13.4. The molecule has 0 aromatic carbocycles. The van der Waals surface area contributed by atoms with E-state index in [4.69, 9.17) is 11.6 Å². The molecule has 0 radical (unpaired) electrons. The average Bonchev–Trinajstić information content (AvgIpc) is 2.86. The second kappa shape index (κ2) is 5.40. The molecule has 0 atom stereocenters. The number of sulfonamides is 1. The minimum absolute atomic E-state index is 0.103. The highest BCUT2D eigenvalue weighted by molar-refractivity contribution is 9.11. The fourth-order valence-electron chi connectivity index (χ4n) is 2.20. The number of rotatable bonds is 4. The van der Waals surface area contributed by atoms with Crippen LogP contribution in [0.5, 0.6) is 0 Å². The molecule has 1 aromatic heterocycles. The lowest BCUT2D eigenvalue weighted by Gasteiger charge is -2.23. The molecule has 1 saturated carbocycles. The number of hydrogen-bond acceptors (Lipinski definition) is 3. The zero-order valence-electron chi connectivity index (χ0n) is 10.0. The predicted octanol–water partition coefficient (Wildman–Crippen LogP) is 4.02. The molecule has 0 bridgehead atoms. The van der Waals surface area contributed by atoms with Gasteiger partial charge in [-0.05, 0) is 40.3 Å². The molecule has 18 heavy (non-hydrogen) atoms. The molecule has 1 fully saturated rings. The molecule has 2 rings (SSSR count). The van der Waals surface area contributed by atoms with Gasteiger partial charge in [-0.15, -0.1) is 11.3 Å². The molecular weight excluding hydrogens is 358 g/mol. The van der Waals surface area contributed by atoms with Crippen molar-refractivity contribution in [2.24, 2.45) is 5.41 Å². The molecule has 0 aliphatic heterocycles. The van der Waals surface area contributed by atoms with Crippen LogP contribution in [0.25, 0.3) is 0 Å². The molecule has 1 N–H and O–H groups in total. The van der Waals surface area contributed by atoms with Gasteiger partial charge in [0.2, 0.25) is 10.0 Å². The van der Waals surface area contributed by atoms with Crippen LogP contribution in [0.2, 0.25) is 5.02 Å². The Morgan fingerprint density at radius 1 is 1.50 bits per heavy atom. The largest absolute Gasteiger partial charge is 0.250 e. The highest BCUT2D eigenvalue weighted by Crippen LogP contribution is 2.38. The molecule has 1 aromatic rings. The monoisotopic (exact) mass is 371 g/mol. The van der Waals surface area contributed by atoms with Crippen LogP contribution in [0.15, 0.2) is 14.1 Å². The highest BCUT2D eigenvalue weighted by atomic mass is 79.9. The summed E-state index contributed by atoms with van der Waals surface area (Å²) in [6.07, 6.45) is 4.55. The normalized spacial score (nSPS) is 19.3. The third-order valence-electron chi connectivity index (χ3n) is 3.39. The van der Waals surface area contributed by atoms with Crippen LogP contribution in [-0.2, 0) is 10.0 Å². The smallest absolute Gasteiger partial charge is 0.210 e. The molecule has 0 unspecified atom stereocenters. The third kappa shape index (κ3) is 3.28. The van der Waals surface area contributed by atoms with Crippen LogP contribution in [0.3, 0.4) is 0 Å². The molecule has 0 saturated heterocycles. The van der Waals surface area contributed by atoms with Gasteiger partial charge < -0.3 is 0 Å². The van der Waals surface area contributed by atoms with Crippen molar-refractivity contribution in [3.63, 3.8) is 0 Å². The maximum absolute atomic E-state index is 12.1. The summed E-state index contributed by atoms with van der Waals surface area (Å²) >= 11 is 10.2. The number of nitrogens with one attached hydrogen (secondary N) is 1. The Hall–Kier alpha value is 0.380. The van der Waals surface area contributed by atoms with E-state index in [1.165, 1.54) is 18.9 Å². The topological polar surface area (TPSA) is 46.2 Å². The Morgan fingerprint density at radius 3 is 2.61 bits per heavy atom. The summed E-state index contributed by atoms with van der Waals surface area (Å²) in [5.41, 5.74) is 0.103.